The van der Waals surface area contributed by atoms with Crippen LogP contribution in [0, 0.1) is 17.7 Å². The molecule has 1 aromatic carbocycles. The molecule has 0 aliphatic heterocycles. The minimum atomic E-state index is -2.87. The van der Waals surface area contributed by atoms with Gasteiger partial charge in [-0.25, -0.2) is 13.2 Å². The molecule has 23 heavy (non-hydrogen) atoms. The summed E-state index contributed by atoms with van der Waals surface area (Å²) >= 11 is 0. The Kier molecular flexibility index (Phi) is 6.31. The number of ether oxygens (including phenoxy) is 1. The fourth-order valence-electron chi connectivity index (χ4n) is 3.03. The van der Waals surface area contributed by atoms with E-state index in [9.17, 15) is 13.2 Å². The number of hydrogen-bond donors (Lipinski definition) is 0. The summed E-state index contributed by atoms with van der Waals surface area (Å²) in [6.45, 7) is 5.74. The Balaban J connectivity index is 2.17. The third kappa shape index (κ3) is 4.40. The summed E-state index contributed by atoms with van der Waals surface area (Å²) in [5.41, 5.74) is -0.348. The summed E-state index contributed by atoms with van der Waals surface area (Å²) in [7, 11) is 0. The molecule has 1 saturated carbocycles. The SMILES string of the molecule is C=CC1CCC(/C=C/c2ccc(OCC)c(F)c2C(F)F)CC1. The average Bonchev–Trinajstić information content (AvgIpc) is 2.55. The van der Waals surface area contributed by atoms with E-state index >= 15 is 0 Å². The van der Waals surface area contributed by atoms with Crippen molar-refractivity contribution >= 4 is 6.08 Å². The van der Waals surface area contributed by atoms with Gasteiger partial charge in [0.15, 0.2) is 11.6 Å². The van der Waals surface area contributed by atoms with E-state index in [1.165, 1.54) is 12.1 Å². The lowest BCUT2D eigenvalue weighted by atomic mass is 9.82. The molecule has 1 aliphatic rings. The Labute approximate surface area is 135 Å². The van der Waals surface area contributed by atoms with Crippen molar-refractivity contribution in [2.75, 3.05) is 6.61 Å². The highest BCUT2D eigenvalue weighted by Crippen LogP contribution is 2.34. The summed E-state index contributed by atoms with van der Waals surface area (Å²) in [5, 5.41) is 0. The number of rotatable bonds is 6. The molecule has 0 spiro atoms. The molecule has 1 aromatic rings. The van der Waals surface area contributed by atoms with Crippen LogP contribution in [0.1, 0.15) is 50.2 Å². The second-order valence-corrected chi connectivity index (χ2v) is 5.88. The van der Waals surface area contributed by atoms with Crippen molar-refractivity contribution in [3.63, 3.8) is 0 Å². The maximum absolute atomic E-state index is 14.2. The molecule has 0 aromatic heterocycles. The van der Waals surface area contributed by atoms with Gasteiger partial charge in [-0.05, 0) is 56.1 Å². The number of alkyl halides is 2. The molecule has 0 unspecified atom stereocenters. The summed E-state index contributed by atoms with van der Waals surface area (Å²) in [5.74, 6) is -0.170. The van der Waals surface area contributed by atoms with Crippen LogP contribution in [0.2, 0.25) is 0 Å². The lowest BCUT2D eigenvalue weighted by Gasteiger charge is -2.24. The maximum Gasteiger partial charge on any atom is 0.267 e. The van der Waals surface area contributed by atoms with Crippen LogP contribution in [0.3, 0.4) is 0 Å². The van der Waals surface area contributed by atoms with Gasteiger partial charge in [0.25, 0.3) is 6.43 Å². The van der Waals surface area contributed by atoms with E-state index in [0.29, 0.717) is 11.8 Å². The van der Waals surface area contributed by atoms with Crippen molar-refractivity contribution in [2.45, 2.75) is 39.0 Å². The largest absolute Gasteiger partial charge is 0.491 e. The van der Waals surface area contributed by atoms with Crippen molar-refractivity contribution in [1.82, 2.24) is 0 Å². The van der Waals surface area contributed by atoms with Crippen molar-refractivity contribution < 1.29 is 17.9 Å². The maximum atomic E-state index is 14.2. The van der Waals surface area contributed by atoms with E-state index in [-0.39, 0.29) is 17.9 Å². The van der Waals surface area contributed by atoms with Gasteiger partial charge >= 0.3 is 0 Å². The van der Waals surface area contributed by atoms with E-state index in [1.807, 2.05) is 12.2 Å². The van der Waals surface area contributed by atoms with E-state index in [0.717, 1.165) is 25.7 Å². The van der Waals surface area contributed by atoms with Gasteiger partial charge in [-0.15, -0.1) is 6.58 Å². The summed E-state index contributed by atoms with van der Waals surface area (Å²) < 4.78 is 45.7. The lowest BCUT2D eigenvalue weighted by Crippen LogP contribution is -2.10. The smallest absolute Gasteiger partial charge is 0.267 e. The Morgan fingerprint density at radius 2 is 1.87 bits per heavy atom. The van der Waals surface area contributed by atoms with Gasteiger partial charge in [-0.3, -0.25) is 0 Å². The van der Waals surface area contributed by atoms with Crippen molar-refractivity contribution in [3.05, 3.63) is 47.8 Å². The number of halogens is 3. The van der Waals surface area contributed by atoms with Crippen LogP contribution in [-0.4, -0.2) is 6.61 Å². The minimum absolute atomic E-state index is 0.119. The summed E-state index contributed by atoms with van der Waals surface area (Å²) in [6, 6.07) is 2.92. The zero-order chi connectivity index (χ0) is 16.8. The first-order valence-electron chi connectivity index (χ1n) is 8.10. The number of allylic oxidation sites excluding steroid dienone is 2. The molecule has 0 saturated heterocycles. The Morgan fingerprint density at radius 1 is 1.22 bits per heavy atom. The zero-order valence-electron chi connectivity index (χ0n) is 13.4. The standard InChI is InChI=1S/C19H23F3O/c1-3-13-5-7-14(8-6-13)9-10-15-11-12-16(23-4-2)18(20)17(15)19(21)22/h3,9-14,19H,1,4-8H2,2H3/b10-9+. The van der Waals surface area contributed by atoms with Gasteiger partial charge in [0.2, 0.25) is 0 Å². The topological polar surface area (TPSA) is 9.23 Å². The molecule has 0 heterocycles. The van der Waals surface area contributed by atoms with Crippen molar-refractivity contribution in [1.29, 1.82) is 0 Å². The van der Waals surface area contributed by atoms with E-state index in [1.54, 1.807) is 13.0 Å². The average molecular weight is 324 g/mol. The molecular formula is C19H23F3O. The molecule has 0 bridgehead atoms. The molecule has 2 rings (SSSR count). The molecule has 0 radical (unpaired) electrons. The van der Waals surface area contributed by atoms with E-state index in [4.69, 9.17) is 4.74 Å². The second-order valence-electron chi connectivity index (χ2n) is 5.88. The molecule has 0 amide bonds. The number of hydrogen-bond acceptors (Lipinski definition) is 1. The second kappa shape index (κ2) is 8.23. The highest BCUT2D eigenvalue weighted by Gasteiger charge is 2.22. The molecule has 0 atom stereocenters. The highest BCUT2D eigenvalue weighted by atomic mass is 19.3. The highest BCUT2D eigenvalue weighted by molar-refractivity contribution is 5.57. The minimum Gasteiger partial charge on any atom is -0.491 e. The lowest BCUT2D eigenvalue weighted by molar-refractivity contribution is 0.144. The first-order valence-corrected chi connectivity index (χ1v) is 8.10. The van der Waals surface area contributed by atoms with Crippen LogP contribution >= 0.6 is 0 Å². The molecule has 0 N–H and O–H groups in total. The molecule has 1 fully saturated rings. The van der Waals surface area contributed by atoms with Crippen LogP contribution in [0.25, 0.3) is 6.08 Å². The first kappa shape index (κ1) is 17.6. The fourth-order valence-corrected chi connectivity index (χ4v) is 3.03. The third-order valence-electron chi connectivity index (χ3n) is 4.39. The Bertz CT molecular complexity index is 558. The monoisotopic (exact) mass is 324 g/mol. The predicted octanol–water partition coefficient (Wildman–Crippen LogP) is 6.17. The molecule has 126 valence electrons. The van der Waals surface area contributed by atoms with Gasteiger partial charge in [-0.2, -0.15) is 0 Å². The quantitative estimate of drug-likeness (QED) is 0.569. The van der Waals surface area contributed by atoms with Gasteiger partial charge in [0.1, 0.15) is 0 Å². The fraction of sp³-hybridized carbons (Fsp3) is 0.474. The van der Waals surface area contributed by atoms with Gasteiger partial charge in [0, 0.05) is 0 Å². The molecule has 1 aliphatic carbocycles. The van der Waals surface area contributed by atoms with Crippen LogP contribution < -0.4 is 4.74 Å². The molecule has 1 nitrogen and oxygen atoms in total. The predicted molar refractivity (Wildman–Crippen MR) is 87.2 cm³/mol. The first-order chi connectivity index (χ1) is 11.1. The summed E-state index contributed by atoms with van der Waals surface area (Å²) in [4.78, 5) is 0. The van der Waals surface area contributed by atoms with Crippen LogP contribution in [0.15, 0.2) is 30.9 Å². The van der Waals surface area contributed by atoms with Gasteiger partial charge in [-0.1, -0.05) is 24.3 Å². The normalized spacial score (nSPS) is 21.8. The molecule has 4 heteroatoms. The Hall–Kier alpha value is -1.71. The molecular weight excluding hydrogens is 301 g/mol. The van der Waals surface area contributed by atoms with Crippen LogP contribution in [0.4, 0.5) is 13.2 Å². The van der Waals surface area contributed by atoms with Crippen molar-refractivity contribution in [2.24, 2.45) is 11.8 Å². The van der Waals surface area contributed by atoms with Crippen molar-refractivity contribution in [3.8, 4) is 5.75 Å². The van der Waals surface area contributed by atoms with E-state index in [2.05, 4.69) is 6.58 Å². The third-order valence-corrected chi connectivity index (χ3v) is 4.39. The Morgan fingerprint density at radius 3 is 2.43 bits per heavy atom. The van der Waals surface area contributed by atoms with E-state index < -0.39 is 17.8 Å². The summed E-state index contributed by atoms with van der Waals surface area (Å²) in [6.07, 6.45) is 6.82. The zero-order valence-corrected chi connectivity index (χ0v) is 13.4. The van der Waals surface area contributed by atoms with Crippen LogP contribution in [0.5, 0.6) is 5.75 Å². The van der Waals surface area contributed by atoms with Crippen LogP contribution in [-0.2, 0) is 0 Å². The number of benzene rings is 1. The van der Waals surface area contributed by atoms with Gasteiger partial charge in [0.05, 0.1) is 12.2 Å². The van der Waals surface area contributed by atoms with Gasteiger partial charge < -0.3 is 4.74 Å².